The molecule has 11 aromatic rings. The lowest BCUT2D eigenvalue weighted by atomic mass is 9.67. The Morgan fingerprint density at radius 2 is 0.773 bits per heavy atom. The summed E-state index contributed by atoms with van der Waals surface area (Å²) in [4.78, 5) is 2.47. The van der Waals surface area contributed by atoms with Gasteiger partial charge >= 0.3 is 0 Å². The average molecular weight is 843 g/mol. The number of nitrogens with zero attached hydrogens (tertiary/aromatic N) is 2. The Hall–Kier alpha value is -8.20. The van der Waals surface area contributed by atoms with Crippen LogP contribution < -0.4 is 4.90 Å². The highest BCUT2D eigenvalue weighted by molar-refractivity contribution is 6.09. The Labute approximate surface area is 386 Å². The van der Waals surface area contributed by atoms with Crippen molar-refractivity contribution in [2.45, 2.75) is 24.7 Å². The lowest BCUT2D eigenvalue weighted by Crippen LogP contribution is -2.28. The molecular formula is C64H46N2. The molecule has 0 fully saturated rings. The van der Waals surface area contributed by atoms with Gasteiger partial charge in [-0.1, -0.05) is 196 Å². The quantitative estimate of drug-likeness (QED) is 0.155. The molecule has 2 nitrogen and oxygen atoms in total. The topological polar surface area (TPSA) is 8.17 Å². The Morgan fingerprint density at radius 1 is 0.333 bits per heavy atom. The van der Waals surface area contributed by atoms with Crippen LogP contribution in [-0.2, 0) is 10.8 Å². The molecule has 2 aliphatic carbocycles. The van der Waals surface area contributed by atoms with E-state index in [-0.39, 0.29) is 5.41 Å². The van der Waals surface area contributed by atoms with Crippen molar-refractivity contribution in [3.8, 4) is 39.1 Å². The number of rotatable bonds is 7. The van der Waals surface area contributed by atoms with Crippen molar-refractivity contribution in [2.24, 2.45) is 0 Å². The van der Waals surface area contributed by atoms with Gasteiger partial charge < -0.3 is 9.47 Å². The van der Waals surface area contributed by atoms with Gasteiger partial charge in [0.2, 0.25) is 0 Å². The number of benzene rings is 10. The molecule has 0 spiro atoms. The summed E-state index contributed by atoms with van der Waals surface area (Å²) >= 11 is 0. The van der Waals surface area contributed by atoms with Crippen molar-refractivity contribution in [3.63, 3.8) is 0 Å². The third-order valence-corrected chi connectivity index (χ3v) is 14.7. The molecule has 13 rings (SSSR count). The van der Waals surface area contributed by atoms with Gasteiger partial charge in [-0.25, -0.2) is 0 Å². The highest BCUT2D eigenvalue weighted by Gasteiger charge is 2.46. The number of anilines is 3. The van der Waals surface area contributed by atoms with E-state index in [9.17, 15) is 0 Å². The molecule has 0 saturated carbocycles. The number of para-hydroxylation sites is 2. The molecule has 66 heavy (non-hydrogen) atoms. The van der Waals surface area contributed by atoms with E-state index in [1.807, 2.05) is 0 Å². The Morgan fingerprint density at radius 3 is 1.39 bits per heavy atom. The second-order valence-corrected chi connectivity index (χ2v) is 18.5. The molecule has 312 valence electrons. The number of hydrogen-bond acceptors (Lipinski definition) is 1. The smallest absolute Gasteiger partial charge is 0.0714 e. The fourth-order valence-electron chi connectivity index (χ4n) is 11.6. The molecular weight excluding hydrogens is 797 g/mol. The molecule has 10 aromatic carbocycles. The summed E-state index contributed by atoms with van der Waals surface area (Å²) in [7, 11) is 0. The summed E-state index contributed by atoms with van der Waals surface area (Å²) in [6, 6.07) is 90.0. The van der Waals surface area contributed by atoms with Crippen LogP contribution in [0.3, 0.4) is 0 Å². The SMILES string of the molecule is CC1(C)c2cc(N(c3ccc(-c4ccccc4)cc3)c3ccc4c(c3)C(c3ccccc3)(c3ccccc3)c3ccccc3-4)ccc2-c2ccc(-n3c4ccccc4c4ccccc43)cc21. The fourth-order valence-corrected chi connectivity index (χ4v) is 11.6. The Balaban J connectivity index is 0.992. The van der Waals surface area contributed by atoms with Gasteiger partial charge in [0.15, 0.2) is 0 Å². The summed E-state index contributed by atoms with van der Waals surface area (Å²) in [5.41, 5.74) is 21.6. The van der Waals surface area contributed by atoms with Crippen LogP contribution in [0.1, 0.15) is 47.2 Å². The van der Waals surface area contributed by atoms with Gasteiger partial charge in [-0.15, -0.1) is 0 Å². The van der Waals surface area contributed by atoms with Gasteiger partial charge in [-0.05, 0) is 127 Å². The van der Waals surface area contributed by atoms with Crippen molar-refractivity contribution in [1.29, 1.82) is 0 Å². The van der Waals surface area contributed by atoms with Crippen LogP contribution in [0.2, 0.25) is 0 Å². The standard InChI is InChI=1S/C64H46N2/c1-63(2)58-40-48(34-37-52(58)53-38-36-50(41-59(53)63)66-61-28-16-13-25-55(61)56-26-14-17-29-62(56)66)65(47-32-30-44(31-33-47)43-18-6-3-7-19-43)49-35-39-54-51-24-12-15-27-57(51)64(60(54)42-49,45-20-8-4-9-21-45)46-22-10-5-11-23-46/h3-42H,1-2H3. The highest BCUT2D eigenvalue weighted by atomic mass is 15.1. The zero-order chi connectivity index (χ0) is 44.0. The van der Waals surface area contributed by atoms with E-state index >= 15 is 0 Å². The average Bonchev–Trinajstić information content (AvgIpc) is 3.96. The van der Waals surface area contributed by atoms with E-state index in [1.165, 1.54) is 94.3 Å². The van der Waals surface area contributed by atoms with Crippen LogP contribution in [0.5, 0.6) is 0 Å². The molecule has 0 aliphatic heterocycles. The van der Waals surface area contributed by atoms with E-state index in [1.54, 1.807) is 0 Å². The molecule has 0 saturated heterocycles. The van der Waals surface area contributed by atoms with Gasteiger partial charge in [0, 0.05) is 38.9 Å². The van der Waals surface area contributed by atoms with E-state index in [0.717, 1.165) is 17.1 Å². The lowest BCUT2D eigenvalue weighted by Gasteiger charge is -2.35. The van der Waals surface area contributed by atoms with Gasteiger partial charge in [-0.2, -0.15) is 0 Å². The van der Waals surface area contributed by atoms with E-state index in [4.69, 9.17) is 0 Å². The van der Waals surface area contributed by atoms with E-state index < -0.39 is 5.41 Å². The predicted molar refractivity (Wildman–Crippen MR) is 276 cm³/mol. The maximum absolute atomic E-state index is 2.48. The molecule has 2 aliphatic rings. The van der Waals surface area contributed by atoms with E-state index in [2.05, 4.69) is 266 Å². The van der Waals surface area contributed by atoms with Crippen LogP contribution in [0.4, 0.5) is 17.1 Å². The second-order valence-electron chi connectivity index (χ2n) is 18.5. The lowest BCUT2D eigenvalue weighted by molar-refractivity contribution is 0.660. The third-order valence-electron chi connectivity index (χ3n) is 14.7. The van der Waals surface area contributed by atoms with Crippen LogP contribution in [0, 0.1) is 0 Å². The molecule has 1 aromatic heterocycles. The summed E-state index contributed by atoms with van der Waals surface area (Å²) in [6.07, 6.45) is 0. The fraction of sp³-hybridized carbons (Fsp3) is 0.0625. The normalized spacial score (nSPS) is 13.8. The van der Waals surface area contributed by atoms with Gasteiger partial charge in [-0.3, -0.25) is 0 Å². The number of aromatic nitrogens is 1. The molecule has 0 bridgehead atoms. The van der Waals surface area contributed by atoms with Gasteiger partial charge in [0.25, 0.3) is 0 Å². The first-order chi connectivity index (χ1) is 32.5. The van der Waals surface area contributed by atoms with Crippen LogP contribution in [-0.4, -0.2) is 4.57 Å². The maximum atomic E-state index is 2.48. The molecule has 1 heterocycles. The Kier molecular flexibility index (Phi) is 8.51. The molecule has 0 atom stereocenters. The van der Waals surface area contributed by atoms with Crippen molar-refractivity contribution in [1.82, 2.24) is 4.57 Å². The number of fused-ring (bicyclic) bond motifs is 9. The van der Waals surface area contributed by atoms with Gasteiger partial charge in [0.05, 0.1) is 16.4 Å². The van der Waals surface area contributed by atoms with Crippen molar-refractivity contribution < 1.29 is 0 Å². The largest absolute Gasteiger partial charge is 0.310 e. The minimum absolute atomic E-state index is 0.256. The third kappa shape index (κ3) is 5.55. The summed E-state index contributed by atoms with van der Waals surface area (Å²) in [5.74, 6) is 0. The van der Waals surface area contributed by atoms with Crippen LogP contribution in [0.15, 0.2) is 243 Å². The molecule has 0 unspecified atom stereocenters. The van der Waals surface area contributed by atoms with Crippen molar-refractivity contribution >= 4 is 38.9 Å². The van der Waals surface area contributed by atoms with Crippen LogP contribution >= 0.6 is 0 Å². The monoisotopic (exact) mass is 842 g/mol. The molecule has 0 N–H and O–H groups in total. The minimum atomic E-state index is -0.511. The first kappa shape index (κ1) is 38.3. The van der Waals surface area contributed by atoms with Crippen molar-refractivity contribution in [3.05, 3.63) is 276 Å². The molecule has 0 amide bonds. The van der Waals surface area contributed by atoms with Crippen molar-refractivity contribution in [2.75, 3.05) is 4.90 Å². The molecule has 2 heteroatoms. The maximum Gasteiger partial charge on any atom is 0.0714 e. The van der Waals surface area contributed by atoms with Gasteiger partial charge in [0.1, 0.15) is 0 Å². The summed E-state index contributed by atoms with van der Waals surface area (Å²) in [6.45, 7) is 4.80. The summed E-state index contributed by atoms with van der Waals surface area (Å²) < 4.78 is 2.44. The molecule has 0 radical (unpaired) electrons. The Bertz CT molecular complexity index is 3560. The number of hydrogen-bond donors (Lipinski definition) is 0. The first-order valence-electron chi connectivity index (χ1n) is 23.1. The van der Waals surface area contributed by atoms with E-state index in [0.29, 0.717) is 0 Å². The zero-order valence-corrected chi connectivity index (χ0v) is 37.0. The second kappa shape index (κ2) is 14.7. The highest BCUT2D eigenvalue weighted by Crippen LogP contribution is 2.58. The summed E-state index contributed by atoms with van der Waals surface area (Å²) in [5, 5.41) is 2.55. The predicted octanol–water partition coefficient (Wildman–Crippen LogP) is 16.6. The first-order valence-corrected chi connectivity index (χ1v) is 23.1. The van der Waals surface area contributed by atoms with Crippen LogP contribution in [0.25, 0.3) is 60.9 Å². The minimum Gasteiger partial charge on any atom is -0.310 e. The zero-order valence-electron chi connectivity index (χ0n) is 37.0.